The zero-order chi connectivity index (χ0) is 15.2. The summed E-state index contributed by atoms with van der Waals surface area (Å²) in [5.74, 6) is 0. The van der Waals surface area contributed by atoms with Gasteiger partial charge in [-0.1, -0.05) is 6.92 Å². The molecule has 0 bridgehead atoms. The second-order valence-corrected chi connectivity index (χ2v) is 7.35. The fourth-order valence-corrected chi connectivity index (χ4v) is 2.65. The molecule has 0 saturated carbocycles. The van der Waals surface area contributed by atoms with E-state index in [1.807, 2.05) is 0 Å². The second-order valence-electron chi connectivity index (χ2n) is 6.52. The van der Waals surface area contributed by atoms with Gasteiger partial charge in [-0.15, -0.1) is 11.3 Å². The lowest BCUT2D eigenvalue weighted by atomic mass is 10.1. The smallest absolute Gasteiger partial charge is 0.185 e. The van der Waals surface area contributed by atoms with Crippen molar-refractivity contribution in [2.24, 2.45) is 0 Å². The molecule has 0 aliphatic rings. The minimum atomic E-state index is 0.137. The van der Waals surface area contributed by atoms with Crippen molar-refractivity contribution in [3.05, 3.63) is 11.1 Å². The van der Waals surface area contributed by atoms with Crippen molar-refractivity contribution in [3.8, 4) is 0 Å². The van der Waals surface area contributed by atoms with Crippen molar-refractivity contribution >= 4 is 16.5 Å². The summed E-state index contributed by atoms with van der Waals surface area (Å²) in [6, 6.07) is 0. The molecule has 5 heteroatoms. The van der Waals surface area contributed by atoms with E-state index in [4.69, 9.17) is 4.98 Å². The van der Waals surface area contributed by atoms with Crippen molar-refractivity contribution < 1.29 is 0 Å². The van der Waals surface area contributed by atoms with Gasteiger partial charge in [0.15, 0.2) is 5.13 Å². The highest BCUT2D eigenvalue weighted by molar-refractivity contribution is 7.13. The van der Waals surface area contributed by atoms with Gasteiger partial charge in [0.2, 0.25) is 0 Å². The monoisotopic (exact) mass is 298 g/mol. The summed E-state index contributed by atoms with van der Waals surface area (Å²) in [4.78, 5) is 9.39. The van der Waals surface area contributed by atoms with Gasteiger partial charge in [-0.3, -0.25) is 0 Å². The molecule has 0 aliphatic heterocycles. The molecule has 1 aromatic heterocycles. The molecule has 0 aliphatic carbocycles. The van der Waals surface area contributed by atoms with Gasteiger partial charge in [0.1, 0.15) is 0 Å². The van der Waals surface area contributed by atoms with Crippen molar-refractivity contribution in [3.63, 3.8) is 0 Å². The van der Waals surface area contributed by atoms with Crippen molar-refractivity contribution in [1.82, 2.24) is 15.2 Å². The van der Waals surface area contributed by atoms with E-state index in [0.717, 1.165) is 43.4 Å². The van der Waals surface area contributed by atoms with E-state index in [1.54, 1.807) is 11.3 Å². The molecule has 0 aromatic carbocycles. The van der Waals surface area contributed by atoms with Gasteiger partial charge in [-0.05, 0) is 41.3 Å². The fraction of sp³-hybridized carbons (Fsp3) is 0.800. The summed E-state index contributed by atoms with van der Waals surface area (Å²) in [5, 5.41) is 6.82. The van der Waals surface area contributed by atoms with Crippen LogP contribution in [0, 0.1) is 0 Å². The van der Waals surface area contributed by atoms with Gasteiger partial charge in [0.05, 0.1) is 5.69 Å². The van der Waals surface area contributed by atoms with Crippen LogP contribution in [-0.2, 0) is 6.54 Å². The summed E-state index contributed by atoms with van der Waals surface area (Å²) in [7, 11) is 4.23. The molecule has 1 heterocycles. The Bertz CT molecular complexity index is 381. The highest BCUT2D eigenvalue weighted by atomic mass is 32.1. The first-order valence-electron chi connectivity index (χ1n) is 7.41. The van der Waals surface area contributed by atoms with Crippen molar-refractivity contribution in [1.29, 1.82) is 0 Å². The van der Waals surface area contributed by atoms with Crippen LogP contribution in [0.25, 0.3) is 0 Å². The van der Waals surface area contributed by atoms with Gasteiger partial charge >= 0.3 is 0 Å². The van der Waals surface area contributed by atoms with Crippen LogP contribution in [0.1, 0.15) is 39.8 Å². The number of rotatable bonds is 8. The molecular weight excluding hydrogens is 268 g/mol. The summed E-state index contributed by atoms with van der Waals surface area (Å²) in [6.07, 6.45) is 1.16. The Morgan fingerprint density at radius 2 is 1.90 bits per heavy atom. The Morgan fingerprint density at radius 1 is 1.20 bits per heavy atom. The lowest BCUT2D eigenvalue weighted by molar-refractivity contribution is 0.412. The molecule has 0 saturated heterocycles. The average molecular weight is 298 g/mol. The Kier molecular flexibility index (Phi) is 6.92. The largest absolute Gasteiger partial charge is 0.347 e. The topological polar surface area (TPSA) is 31.4 Å². The predicted molar refractivity (Wildman–Crippen MR) is 89.8 cm³/mol. The lowest BCUT2D eigenvalue weighted by Crippen LogP contribution is -2.35. The van der Waals surface area contributed by atoms with Crippen LogP contribution in [-0.4, -0.2) is 49.2 Å². The standard InChI is InChI=1S/C15H30N4S/c1-7-8-19(10-9-18(5)6)14-17-13(12-20-14)11-16-15(2,3)4/h12,16H,7-11H2,1-6H3. The number of aromatic nitrogens is 1. The molecule has 1 rings (SSSR count). The maximum Gasteiger partial charge on any atom is 0.185 e. The predicted octanol–water partition coefficient (Wildman–Crippen LogP) is 2.81. The molecule has 0 atom stereocenters. The first-order valence-corrected chi connectivity index (χ1v) is 8.29. The van der Waals surface area contributed by atoms with Gasteiger partial charge < -0.3 is 15.1 Å². The Hall–Kier alpha value is -0.650. The third kappa shape index (κ3) is 6.68. The Balaban J connectivity index is 2.61. The molecular formula is C15H30N4S. The first-order chi connectivity index (χ1) is 9.31. The minimum Gasteiger partial charge on any atom is -0.347 e. The molecule has 0 unspecified atom stereocenters. The van der Waals surface area contributed by atoms with E-state index >= 15 is 0 Å². The van der Waals surface area contributed by atoms with E-state index in [1.165, 1.54) is 0 Å². The van der Waals surface area contributed by atoms with Crippen LogP contribution in [0.15, 0.2) is 5.38 Å². The van der Waals surface area contributed by atoms with E-state index in [2.05, 4.69) is 62.3 Å². The van der Waals surface area contributed by atoms with Crippen molar-refractivity contribution in [2.45, 2.75) is 46.2 Å². The molecule has 1 N–H and O–H groups in total. The Morgan fingerprint density at radius 3 is 2.45 bits per heavy atom. The van der Waals surface area contributed by atoms with Gasteiger partial charge in [0, 0.05) is 37.1 Å². The van der Waals surface area contributed by atoms with Gasteiger partial charge in [-0.25, -0.2) is 4.98 Å². The highest BCUT2D eigenvalue weighted by Crippen LogP contribution is 2.21. The van der Waals surface area contributed by atoms with E-state index in [9.17, 15) is 0 Å². The third-order valence-electron chi connectivity index (χ3n) is 2.92. The molecule has 0 amide bonds. The fourth-order valence-electron chi connectivity index (χ4n) is 1.77. The SMILES string of the molecule is CCCN(CCN(C)C)c1nc(CNC(C)(C)C)cs1. The zero-order valence-corrected chi connectivity index (χ0v) is 14.7. The summed E-state index contributed by atoms with van der Waals surface area (Å²) >= 11 is 1.76. The lowest BCUT2D eigenvalue weighted by Gasteiger charge is -2.23. The highest BCUT2D eigenvalue weighted by Gasteiger charge is 2.13. The minimum absolute atomic E-state index is 0.137. The number of anilines is 1. The van der Waals surface area contributed by atoms with Crippen LogP contribution in [0.3, 0.4) is 0 Å². The molecule has 4 nitrogen and oxygen atoms in total. The molecule has 20 heavy (non-hydrogen) atoms. The molecule has 1 aromatic rings. The van der Waals surface area contributed by atoms with E-state index in [-0.39, 0.29) is 5.54 Å². The van der Waals surface area contributed by atoms with Crippen LogP contribution in [0.2, 0.25) is 0 Å². The third-order valence-corrected chi connectivity index (χ3v) is 3.87. The van der Waals surface area contributed by atoms with E-state index < -0.39 is 0 Å². The quantitative estimate of drug-likeness (QED) is 0.800. The maximum absolute atomic E-state index is 4.77. The van der Waals surface area contributed by atoms with Crippen LogP contribution in [0.4, 0.5) is 5.13 Å². The summed E-state index contributed by atoms with van der Waals surface area (Å²) < 4.78 is 0. The van der Waals surface area contributed by atoms with Gasteiger partial charge in [0.25, 0.3) is 0 Å². The van der Waals surface area contributed by atoms with Crippen molar-refractivity contribution in [2.75, 3.05) is 38.6 Å². The molecule has 0 fully saturated rings. The van der Waals surface area contributed by atoms with Gasteiger partial charge in [-0.2, -0.15) is 0 Å². The molecule has 116 valence electrons. The van der Waals surface area contributed by atoms with E-state index in [0.29, 0.717) is 0 Å². The number of nitrogens with one attached hydrogen (secondary N) is 1. The first kappa shape index (κ1) is 17.4. The number of nitrogens with zero attached hydrogens (tertiary/aromatic N) is 3. The Labute approximate surface area is 128 Å². The number of hydrogen-bond acceptors (Lipinski definition) is 5. The summed E-state index contributed by atoms with van der Waals surface area (Å²) in [6.45, 7) is 12.8. The summed E-state index contributed by atoms with van der Waals surface area (Å²) in [5.41, 5.74) is 1.28. The van der Waals surface area contributed by atoms with Crippen LogP contribution in [0.5, 0.6) is 0 Å². The normalized spacial score (nSPS) is 12.2. The number of hydrogen-bond donors (Lipinski definition) is 1. The second kappa shape index (κ2) is 7.96. The number of likely N-dealkylation sites (N-methyl/N-ethyl adjacent to an activating group) is 1. The maximum atomic E-state index is 4.77. The number of thiazole rings is 1. The van der Waals surface area contributed by atoms with Crippen LogP contribution < -0.4 is 10.2 Å². The molecule has 0 radical (unpaired) electrons. The zero-order valence-electron chi connectivity index (χ0n) is 13.9. The van der Waals surface area contributed by atoms with Crippen LogP contribution >= 0.6 is 11.3 Å². The average Bonchev–Trinajstić information content (AvgIpc) is 2.79. The molecule has 0 spiro atoms.